The third kappa shape index (κ3) is 20.9. The SMILES string of the molecule is CC(=O)N(c1ccc(Cl)cc1)C(C)(C(=O)N[C@H](Cc1cccnc1)C(=O)N[C@@H](CO)C(=O)N(C)[C@@H](Cc1ccc(O)cc1)C(=O)N[C@H](CC(N)=O)C(=O)N[C@@H](CC(C)C)C(=O)N[C@@H](CCCCNC(C)C)C(=O)N1CCC[C@H]1[C]=O)C(=O)[C@H](N)Cc1ccc2ccccc2c1. The van der Waals surface area contributed by atoms with E-state index in [0.29, 0.717) is 48.9 Å². The molecular weight excluding hydrogens is 1240 g/mol. The van der Waals surface area contributed by atoms with Crippen molar-refractivity contribution in [1.82, 2.24) is 46.7 Å². The number of nitrogens with zero attached hydrogens (tertiary/aromatic N) is 4. The highest BCUT2D eigenvalue weighted by atomic mass is 35.5. The first-order chi connectivity index (χ1) is 45.1. The number of halogens is 1. The third-order valence-corrected chi connectivity index (χ3v) is 16.8. The number of nitrogens with two attached hydrogens (primary N) is 2. The second kappa shape index (κ2) is 35.4. The molecule has 0 aliphatic carbocycles. The molecule has 6 rings (SSSR count). The van der Waals surface area contributed by atoms with Gasteiger partial charge in [-0.25, -0.2) is 0 Å². The minimum atomic E-state index is -2.50. The van der Waals surface area contributed by atoms with Crippen molar-refractivity contribution < 1.29 is 63.0 Å². The number of pyridine rings is 1. The zero-order valence-corrected chi connectivity index (χ0v) is 55.4. The number of fused-ring (bicyclic) bond motifs is 1. The number of aliphatic hydroxyl groups is 1. The van der Waals surface area contributed by atoms with Gasteiger partial charge in [0.25, 0.3) is 5.91 Å². The summed E-state index contributed by atoms with van der Waals surface area (Å²) in [7, 11) is 1.17. The summed E-state index contributed by atoms with van der Waals surface area (Å²) < 4.78 is 0. The number of ketones is 1. The van der Waals surface area contributed by atoms with Crippen molar-refractivity contribution in [3.05, 3.63) is 137 Å². The maximum Gasteiger partial charge on any atom is 0.254 e. The van der Waals surface area contributed by atoms with Crippen LogP contribution in [0.5, 0.6) is 5.75 Å². The second-order valence-electron chi connectivity index (χ2n) is 24.8. The van der Waals surface area contributed by atoms with E-state index in [9.17, 15) is 53.4 Å². The number of likely N-dealkylation sites (N-methyl/N-ethyl adjacent to an activating group) is 1. The van der Waals surface area contributed by atoms with Crippen molar-refractivity contribution in [2.45, 2.75) is 166 Å². The smallest absolute Gasteiger partial charge is 0.254 e. The molecule has 1 fully saturated rings. The van der Waals surface area contributed by atoms with Crippen molar-refractivity contribution in [3.63, 3.8) is 0 Å². The Hall–Kier alpha value is -9.17. The van der Waals surface area contributed by atoms with Crippen LogP contribution >= 0.6 is 11.6 Å². The van der Waals surface area contributed by atoms with E-state index in [2.05, 4.69) is 36.9 Å². The number of aliphatic hydroxyl groups excluding tert-OH is 1. The summed E-state index contributed by atoms with van der Waals surface area (Å²) >= 11 is 6.26. The van der Waals surface area contributed by atoms with Crippen molar-refractivity contribution >= 4 is 93.3 Å². The van der Waals surface area contributed by atoms with Crippen LogP contribution in [0.2, 0.25) is 5.02 Å². The van der Waals surface area contributed by atoms with Gasteiger partial charge in [0.2, 0.25) is 53.5 Å². The van der Waals surface area contributed by atoms with Crippen LogP contribution in [-0.4, -0.2) is 177 Å². The number of aromatic hydroxyl groups is 1. The van der Waals surface area contributed by atoms with E-state index in [1.54, 1.807) is 32.0 Å². The lowest BCUT2D eigenvalue weighted by molar-refractivity contribution is -0.144. The van der Waals surface area contributed by atoms with E-state index in [1.165, 1.54) is 79.8 Å². The number of benzene rings is 4. The molecule has 95 heavy (non-hydrogen) atoms. The summed E-state index contributed by atoms with van der Waals surface area (Å²) in [5.41, 5.74) is 11.4. The van der Waals surface area contributed by atoms with Crippen LogP contribution in [0.25, 0.3) is 10.8 Å². The number of aromatic nitrogens is 1. The third-order valence-electron chi connectivity index (χ3n) is 16.6. The van der Waals surface area contributed by atoms with Crippen molar-refractivity contribution in [2.75, 3.05) is 31.6 Å². The number of nitrogens with one attached hydrogen (secondary N) is 6. The Bertz CT molecular complexity index is 3510. The Morgan fingerprint density at radius 1 is 0.737 bits per heavy atom. The molecule has 1 aliphatic heterocycles. The van der Waals surface area contributed by atoms with Gasteiger partial charge in [0.1, 0.15) is 42.0 Å². The minimum absolute atomic E-state index is 0.0167. The number of carbonyl (C=O) groups excluding carboxylic acids is 11. The maximum atomic E-state index is 15.3. The van der Waals surface area contributed by atoms with E-state index in [1.807, 2.05) is 56.5 Å². The molecule has 12 N–H and O–H groups in total. The fraction of sp³-hybridized carbons (Fsp3) is 0.449. The van der Waals surface area contributed by atoms with Crippen molar-refractivity contribution in [1.29, 1.82) is 0 Å². The second-order valence-corrected chi connectivity index (χ2v) is 25.3. The first-order valence-electron chi connectivity index (χ1n) is 31.8. The number of anilines is 1. The number of phenolic OH excluding ortho intramolecular Hbond substituents is 1. The number of hydrogen-bond acceptors (Lipinski definition) is 16. The minimum Gasteiger partial charge on any atom is -0.508 e. The van der Waals surface area contributed by atoms with Gasteiger partial charge in [-0.2, -0.15) is 0 Å². The predicted octanol–water partition coefficient (Wildman–Crippen LogP) is 2.76. The highest BCUT2D eigenvalue weighted by Gasteiger charge is 2.51. The topological polar surface area (TPSA) is 375 Å². The highest BCUT2D eigenvalue weighted by Crippen LogP contribution is 2.30. The lowest BCUT2D eigenvalue weighted by Crippen LogP contribution is -2.69. The number of likely N-dealkylation sites (tertiary alicyclic amines) is 1. The van der Waals surface area contributed by atoms with Crippen LogP contribution in [0.1, 0.15) is 103 Å². The summed E-state index contributed by atoms with van der Waals surface area (Å²) in [6.07, 6.45) is 5.55. The van der Waals surface area contributed by atoms with Crippen molar-refractivity contribution in [2.24, 2.45) is 17.4 Å². The van der Waals surface area contributed by atoms with Gasteiger partial charge in [-0.1, -0.05) is 100.0 Å². The van der Waals surface area contributed by atoms with Crippen LogP contribution in [0.4, 0.5) is 5.69 Å². The molecule has 1 radical (unpaired) electrons. The van der Waals surface area contributed by atoms with Crippen LogP contribution in [0.15, 0.2) is 116 Å². The van der Waals surface area contributed by atoms with E-state index in [-0.39, 0.29) is 67.1 Å². The molecule has 0 saturated carbocycles. The molecule has 9 atom stereocenters. The monoisotopic (exact) mass is 1330 g/mol. The molecule has 5 aromatic rings. The lowest BCUT2D eigenvalue weighted by atomic mass is 9.84. The Morgan fingerprint density at radius 3 is 1.99 bits per heavy atom. The zero-order chi connectivity index (χ0) is 69.7. The van der Waals surface area contributed by atoms with Gasteiger partial charge in [-0.05, 0) is 134 Å². The number of rotatable bonds is 35. The number of hydrogen-bond donors (Lipinski definition) is 10. The normalized spacial score (nSPS) is 15.8. The highest BCUT2D eigenvalue weighted by molar-refractivity contribution is 6.30. The molecular formula is C69H88ClN12O13. The van der Waals surface area contributed by atoms with E-state index >= 15 is 9.59 Å². The van der Waals surface area contributed by atoms with Gasteiger partial charge in [0.05, 0.1) is 25.1 Å². The average molecular weight is 1330 g/mol. The number of phenols is 1. The van der Waals surface area contributed by atoms with Gasteiger partial charge >= 0.3 is 0 Å². The fourth-order valence-corrected chi connectivity index (χ4v) is 11.6. The number of carbonyl (C=O) groups is 10. The Kier molecular flexibility index (Phi) is 27.9. The van der Waals surface area contributed by atoms with Crippen LogP contribution in [-0.2, 0) is 72.0 Å². The lowest BCUT2D eigenvalue weighted by Gasteiger charge is -2.40. The number of amides is 9. The molecule has 1 aliphatic rings. The molecule has 1 saturated heterocycles. The summed E-state index contributed by atoms with van der Waals surface area (Å²) in [5, 5.41) is 39.6. The Morgan fingerprint density at radius 2 is 1.37 bits per heavy atom. The summed E-state index contributed by atoms with van der Waals surface area (Å²) in [5.74, 6) is -9.83. The van der Waals surface area contributed by atoms with Gasteiger partial charge < -0.3 is 63.4 Å². The molecule has 2 heterocycles. The Labute approximate surface area is 558 Å². The number of Topliss-reactive ketones (excluding diaryl/α,β-unsaturated/α-hetero) is 1. The Balaban J connectivity index is 1.28. The zero-order valence-electron chi connectivity index (χ0n) is 54.6. The van der Waals surface area contributed by atoms with Gasteiger partial charge in [0, 0.05) is 62.5 Å². The quantitative estimate of drug-likeness (QED) is 0.0206. The molecule has 26 heteroatoms. The molecule has 509 valence electrons. The maximum absolute atomic E-state index is 15.3. The van der Waals surface area contributed by atoms with Crippen LogP contribution in [0.3, 0.4) is 0 Å². The summed E-state index contributed by atoms with van der Waals surface area (Å²) in [6.45, 7) is 9.71. The molecule has 1 unspecified atom stereocenters. The van der Waals surface area contributed by atoms with Crippen LogP contribution < -0.4 is 48.3 Å². The molecule has 1 aromatic heterocycles. The molecule has 0 bridgehead atoms. The summed E-state index contributed by atoms with van der Waals surface area (Å²) in [6, 6.07) is 16.0. The molecule has 0 spiro atoms. The number of unbranched alkanes of at least 4 members (excludes halogenated alkanes) is 1. The van der Waals surface area contributed by atoms with Crippen molar-refractivity contribution in [3.8, 4) is 5.75 Å². The van der Waals surface area contributed by atoms with Gasteiger partial charge in [0.15, 0.2) is 11.3 Å². The van der Waals surface area contributed by atoms with E-state index < -0.39 is 126 Å². The predicted molar refractivity (Wildman–Crippen MR) is 357 cm³/mol. The van der Waals surface area contributed by atoms with E-state index in [0.717, 1.165) is 27.5 Å². The largest absolute Gasteiger partial charge is 0.508 e. The van der Waals surface area contributed by atoms with Crippen LogP contribution in [0, 0.1) is 5.92 Å². The average Bonchev–Trinajstić information content (AvgIpc) is 1.07. The first-order valence-corrected chi connectivity index (χ1v) is 32.1. The van der Waals surface area contributed by atoms with Gasteiger partial charge in [-0.15, -0.1) is 0 Å². The van der Waals surface area contributed by atoms with E-state index in [4.69, 9.17) is 23.1 Å². The fourth-order valence-electron chi connectivity index (χ4n) is 11.5. The summed E-state index contributed by atoms with van der Waals surface area (Å²) in [4.78, 5) is 164. The molecule has 9 amide bonds. The standard InChI is InChI=1S/C69H88ClN12O13/c1-41(2)32-55(62(89)75-54(18-10-11-30-74-42(3)4)67(94)81-31-13-17-51(81)39-83)76-64(91)57(37-60(72)87)77-65(92)59(36-44-20-27-52(86)28-21-44)80(7)66(93)58(40-84)78-63(90)56(35-46-14-12-29-73-38-46)79-68(95)69(6,82(43(5)85)50-25-23-49(70)24-26-50)61(88)53(71)34-45-19-22-47-15-8-9-16-48(47)33-45/h8-9,12,14-16,19-29,33,38,41-42,51,53-59,74,84,86H,10-11,13,17-18,30-32,34-37,40,71H2,1-7H3,(H2,72,87)(H,75,89)(H,76,91)(H,77,92)(H,78,90)(H,79,95)/t51-,53+,54-,55-,56+,57+,58-,59-,69?/m0/s1. The molecule has 4 aromatic carbocycles. The number of primary amides is 1. The first kappa shape index (κ1) is 74.9. The van der Waals surface area contributed by atoms with Gasteiger partial charge in [-0.3, -0.25) is 62.6 Å². The molecule has 25 nitrogen and oxygen atoms in total.